The summed E-state index contributed by atoms with van der Waals surface area (Å²) in [6.07, 6.45) is -3.59. The van der Waals surface area contributed by atoms with E-state index in [0.717, 1.165) is 6.07 Å². The van der Waals surface area contributed by atoms with Gasteiger partial charge in [0.15, 0.2) is 0 Å². The minimum atomic E-state index is -1.58. The van der Waals surface area contributed by atoms with Crippen molar-refractivity contribution >= 4 is 17.3 Å². The van der Waals surface area contributed by atoms with Gasteiger partial charge in [-0.15, -0.1) is 0 Å². The summed E-state index contributed by atoms with van der Waals surface area (Å²) in [5.41, 5.74) is 9.87. The van der Waals surface area contributed by atoms with E-state index in [0.29, 0.717) is 0 Å². The third-order valence-corrected chi connectivity index (χ3v) is 2.34. The van der Waals surface area contributed by atoms with Crippen LogP contribution in [0.4, 0.5) is 11.4 Å². The lowest BCUT2D eigenvalue weighted by Gasteiger charge is -2.16. The van der Waals surface area contributed by atoms with E-state index in [4.69, 9.17) is 11.5 Å². The number of benzene rings is 1. The van der Waals surface area contributed by atoms with Crippen molar-refractivity contribution in [1.82, 2.24) is 0 Å². The van der Waals surface area contributed by atoms with Gasteiger partial charge in [0, 0.05) is 11.8 Å². The zero-order valence-corrected chi connectivity index (χ0v) is 9.31. The lowest BCUT2D eigenvalue weighted by Crippen LogP contribution is -2.26. The molecule has 0 saturated heterocycles. The number of nitrogens with two attached hydrogens (primary N) is 2. The molecule has 0 aliphatic rings. The number of nitrogens with zero attached hydrogens (tertiary/aromatic N) is 1. The Morgan fingerprint density at radius 1 is 1.44 bits per heavy atom. The Hall–Kier alpha value is -2.19. The summed E-state index contributed by atoms with van der Waals surface area (Å²) in [5, 5.41) is 30.1. The van der Waals surface area contributed by atoms with Crippen molar-refractivity contribution in [3.05, 3.63) is 33.9 Å². The van der Waals surface area contributed by atoms with E-state index in [9.17, 15) is 25.1 Å². The van der Waals surface area contributed by atoms with E-state index in [2.05, 4.69) is 0 Å². The molecule has 1 rings (SSSR count). The number of primary amides is 1. The number of hydrogen-bond donors (Lipinski definition) is 4. The number of nitrogen functional groups attached to an aromatic ring is 1. The number of carbonyl (C=O) groups excluding carboxylic acids is 1. The highest BCUT2D eigenvalue weighted by Crippen LogP contribution is 2.29. The molecule has 1 amide bonds. The molecule has 2 unspecified atom stereocenters. The molecule has 0 aromatic heterocycles. The van der Waals surface area contributed by atoms with Crippen LogP contribution in [-0.2, 0) is 4.79 Å². The molecule has 2 atom stereocenters. The molecule has 6 N–H and O–H groups in total. The highest BCUT2D eigenvalue weighted by Gasteiger charge is 2.27. The smallest absolute Gasteiger partial charge is 0.277 e. The van der Waals surface area contributed by atoms with Gasteiger partial charge in [-0.3, -0.25) is 14.9 Å². The molecule has 0 saturated carbocycles. The molecule has 0 radical (unpaired) electrons. The van der Waals surface area contributed by atoms with Crippen LogP contribution >= 0.6 is 0 Å². The Morgan fingerprint density at radius 3 is 2.56 bits per heavy atom. The Morgan fingerprint density at radius 2 is 2.06 bits per heavy atom. The Kier molecular flexibility index (Phi) is 4.18. The van der Waals surface area contributed by atoms with Crippen LogP contribution in [0.25, 0.3) is 0 Å². The predicted octanol–water partition coefficient (Wildman–Crippen LogP) is -0.553. The van der Waals surface area contributed by atoms with Crippen LogP contribution in [0.5, 0.6) is 0 Å². The number of aliphatic hydroxyl groups is 2. The third kappa shape index (κ3) is 3.15. The van der Waals surface area contributed by atoms with Gasteiger partial charge in [-0.05, 0) is 12.1 Å². The number of nitro groups is 1. The van der Waals surface area contributed by atoms with Gasteiger partial charge < -0.3 is 21.7 Å². The van der Waals surface area contributed by atoms with E-state index >= 15 is 0 Å². The van der Waals surface area contributed by atoms with Gasteiger partial charge in [-0.25, -0.2) is 0 Å². The number of hydrogen-bond acceptors (Lipinski definition) is 6. The van der Waals surface area contributed by atoms with Crippen LogP contribution < -0.4 is 11.5 Å². The zero-order chi connectivity index (χ0) is 13.9. The molecule has 18 heavy (non-hydrogen) atoms. The fourth-order valence-corrected chi connectivity index (χ4v) is 1.49. The minimum Gasteiger partial charge on any atom is -0.399 e. The largest absolute Gasteiger partial charge is 0.399 e. The molecule has 0 bridgehead atoms. The van der Waals surface area contributed by atoms with Crippen molar-refractivity contribution in [3.63, 3.8) is 0 Å². The molecular formula is C10H13N3O5. The van der Waals surface area contributed by atoms with Crippen LogP contribution in [0.1, 0.15) is 18.1 Å². The molecule has 8 nitrogen and oxygen atoms in total. The molecule has 8 heteroatoms. The van der Waals surface area contributed by atoms with Gasteiger partial charge >= 0.3 is 0 Å². The summed E-state index contributed by atoms with van der Waals surface area (Å²) < 4.78 is 0. The third-order valence-electron chi connectivity index (χ3n) is 2.34. The fourth-order valence-electron chi connectivity index (χ4n) is 1.49. The molecule has 0 fully saturated rings. The lowest BCUT2D eigenvalue weighted by molar-refractivity contribution is -0.386. The normalized spacial score (nSPS) is 13.9. The quantitative estimate of drug-likeness (QED) is 0.314. The standard InChI is InChI=1S/C10H13N3O5/c11-5-1-2-6(7(3-5)13(17)18)10(16)8(14)4-9(12)15/h1-3,8,10,14,16H,4,11H2,(H2,12,15). The van der Waals surface area contributed by atoms with Gasteiger partial charge in [0.1, 0.15) is 6.10 Å². The van der Waals surface area contributed by atoms with Crippen LogP contribution in [0.2, 0.25) is 0 Å². The molecule has 98 valence electrons. The van der Waals surface area contributed by atoms with E-state index in [1.54, 1.807) is 0 Å². The average Bonchev–Trinajstić information content (AvgIpc) is 2.26. The van der Waals surface area contributed by atoms with Crippen molar-refractivity contribution in [3.8, 4) is 0 Å². The maximum absolute atomic E-state index is 10.8. The van der Waals surface area contributed by atoms with Crippen molar-refractivity contribution in [2.45, 2.75) is 18.6 Å². The summed E-state index contributed by atoms with van der Waals surface area (Å²) in [6, 6.07) is 3.64. The van der Waals surface area contributed by atoms with Gasteiger partial charge in [-0.1, -0.05) is 0 Å². The minimum absolute atomic E-state index is 0.122. The topological polar surface area (TPSA) is 153 Å². The van der Waals surface area contributed by atoms with Crippen LogP contribution in [0.3, 0.4) is 0 Å². The molecule has 0 aliphatic carbocycles. The highest BCUT2D eigenvalue weighted by atomic mass is 16.6. The van der Waals surface area contributed by atoms with Crippen molar-refractivity contribution in [2.75, 3.05) is 5.73 Å². The number of carbonyl (C=O) groups is 1. The van der Waals surface area contributed by atoms with Gasteiger partial charge in [0.2, 0.25) is 5.91 Å². The average molecular weight is 255 g/mol. The van der Waals surface area contributed by atoms with Gasteiger partial charge in [-0.2, -0.15) is 0 Å². The fraction of sp³-hybridized carbons (Fsp3) is 0.300. The molecule has 1 aromatic rings. The summed E-state index contributed by atoms with van der Waals surface area (Å²) in [7, 11) is 0. The van der Waals surface area contributed by atoms with Gasteiger partial charge in [0.25, 0.3) is 5.69 Å². The summed E-state index contributed by atoms with van der Waals surface area (Å²) in [5.74, 6) is -0.820. The first kappa shape index (κ1) is 13.9. The molecule has 0 spiro atoms. The molecule has 0 aliphatic heterocycles. The summed E-state index contributed by atoms with van der Waals surface area (Å²) in [4.78, 5) is 20.7. The van der Waals surface area contributed by atoms with Crippen molar-refractivity contribution in [1.29, 1.82) is 0 Å². The van der Waals surface area contributed by atoms with Crippen molar-refractivity contribution in [2.24, 2.45) is 5.73 Å². The Labute approximate surface area is 102 Å². The Bertz CT molecular complexity index is 477. The first-order chi connectivity index (χ1) is 8.32. The number of rotatable bonds is 5. The van der Waals surface area contributed by atoms with E-state index in [1.807, 2.05) is 0 Å². The second-order valence-corrected chi connectivity index (χ2v) is 3.76. The summed E-state index contributed by atoms with van der Waals surface area (Å²) >= 11 is 0. The van der Waals surface area contributed by atoms with Gasteiger partial charge in [0.05, 0.1) is 23.0 Å². The number of anilines is 1. The SMILES string of the molecule is NC(=O)CC(O)C(O)c1ccc(N)cc1[N+](=O)[O-]. The summed E-state index contributed by atoms with van der Waals surface area (Å²) in [6.45, 7) is 0. The van der Waals surface area contributed by atoms with E-state index < -0.39 is 35.1 Å². The van der Waals surface area contributed by atoms with E-state index in [-0.39, 0.29) is 11.3 Å². The van der Waals surface area contributed by atoms with Crippen molar-refractivity contribution < 1.29 is 19.9 Å². The molecular weight excluding hydrogens is 242 g/mol. The first-order valence-electron chi connectivity index (χ1n) is 5.01. The zero-order valence-electron chi connectivity index (χ0n) is 9.31. The number of amides is 1. The first-order valence-corrected chi connectivity index (χ1v) is 5.01. The Balaban J connectivity index is 3.08. The number of aliphatic hydroxyl groups excluding tert-OH is 2. The molecule has 0 heterocycles. The van der Waals surface area contributed by atoms with Crippen LogP contribution in [0.15, 0.2) is 18.2 Å². The maximum Gasteiger partial charge on any atom is 0.277 e. The second-order valence-electron chi connectivity index (χ2n) is 3.76. The van der Waals surface area contributed by atoms with Crippen LogP contribution in [0, 0.1) is 10.1 Å². The number of nitro benzene ring substituents is 1. The van der Waals surface area contributed by atoms with Crippen LogP contribution in [-0.4, -0.2) is 27.1 Å². The lowest BCUT2D eigenvalue weighted by atomic mass is 10.00. The molecule has 1 aromatic carbocycles. The monoisotopic (exact) mass is 255 g/mol. The highest BCUT2D eigenvalue weighted by molar-refractivity contribution is 5.74. The maximum atomic E-state index is 10.8. The predicted molar refractivity (Wildman–Crippen MR) is 62.3 cm³/mol. The second kappa shape index (κ2) is 5.43. The van der Waals surface area contributed by atoms with E-state index in [1.165, 1.54) is 12.1 Å².